The molecule has 0 spiro atoms. The van der Waals surface area contributed by atoms with Crippen molar-refractivity contribution in [3.05, 3.63) is 81.4 Å². The standard InChI is InChI=1S/C22H20BrF2N3O/c1-14-2-3-15(6-8-26)10-17(14)12-28-9-7-20(21(23)22(28)27)29-13-16-4-5-18(24)11-19(16)25/h2-5,7,9-11,14,17,27H,6,12-13H2,1H3. The van der Waals surface area contributed by atoms with Gasteiger partial charge in [0.2, 0.25) is 0 Å². The SMILES string of the molecule is CC1C=CC(CC#N)=CC1Cn1ccc(OCc2ccc(F)cc2F)c(Br)c1=N. The van der Waals surface area contributed by atoms with E-state index in [4.69, 9.17) is 15.4 Å². The minimum Gasteiger partial charge on any atom is -0.487 e. The first kappa shape index (κ1) is 21.0. The fourth-order valence-electron chi connectivity index (χ4n) is 3.16. The van der Waals surface area contributed by atoms with Crippen LogP contribution in [0, 0.1) is 40.2 Å². The Hall–Kier alpha value is -2.72. The predicted octanol–water partition coefficient (Wildman–Crippen LogP) is 5.25. The number of ether oxygens (including phenoxy) is 1. The molecule has 0 radical (unpaired) electrons. The van der Waals surface area contributed by atoms with Crippen molar-refractivity contribution in [1.29, 1.82) is 10.7 Å². The molecule has 29 heavy (non-hydrogen) atoms. The summed E-state index contributed by atoms with van der Waals surface area (Å²) in [6.07, 6.45) is 8.29. The Morgan fingerprint density at radius 3 is 2.83 bits per heavy atom. The number of hydrogen-bond donors (Lipinski definition) is 1. The highest BCUT2D eigenvalue weighted by Gasteiger charge is 2.18. The highest BCUT2D eigenvalue weighted by Crippen LogP contribution is 2.27. The molecule has 4 nitrogen and oxygen atoms in total. The second-order valence-corrected chi connectivity index (χ2v) is 7.77. The number of benzene rings is 1. The zero-order valence-corrected chi connectivity index (χ0v) is 17.4. The van der Waals surface area contributed by atoms with E-state index in [-0.39, 0.29) is 23.6 Å². The third-order valence-corrected chi connectivity index (χ3v) is 5.69. The number of rotatable bonds is 6. The lowest BCUT2D eigenvalue weighted by atomic mass is 9.86. The van der Waals surface area contributed by atoms with E-state index in [1.165, 1.54) is 12.1 Å². The van der Waals surface area contributed by atoms with Crippen molar-refractivity contribution in [2.24, 2.45) is 11.8 Å². The van der Waals surface area contributed by atoms with Gasteiger partial charge < -0.3 is 9.30 Å². The molecule has 0 saturated heterocycles. The summed E-state index contributed by atoms with van der Waals surface area (Å²) in [5.74, 6) is -0.435. The first-order valence-corrected chi connectivity index (χ1v) is 9.94. The molecule has 1 aromatic heterocycles. The van der Waals surface area contributed by atoms with Crippen molar-refractivity contribution in [2.45, 2.75) is 26.5 Å². The van der Waals surface area contributed by atoms with Crippen molar-refractivity contribution in [3.8, 4) is 11.8 Å². The average molecular weight is 460 g/mol. The molecule has 2 unspecified atom stereocenters. The van der Waals surface area contributed by atoms with Gasteiger partial charge in [0.25, 0.3) is 0 Å². The Morgan fingerprint density at radius 1 is 1.31 bits per heavy atom. The molecule has 3 rings (SSSR count). The van der Waals surface area contributed by atoms with Crippen molar-refractivity contribution in [1.82, 2.24) is 4.57 Å². The Kier molecular flexibility index (Phi) is 6.65. The number of aromatic nitrogens is 1. The van der Waals surface area contributed by atoms with Gasteiger partial charge in [0.1, 0.15) is 34.0 Å². The minimum absolute atomic E-state index is 0.0706. The number of hydrogen-bond acceptors (Lipinski definition) is 3. The number of halogens is 3. The van der Waals surface area contributed by atoms with E-state index in [2.05, 4.69) is 41.1 Å². The Labute approximate surface area is 176 Å². The summed E-state index contributed by atoms with van der Waals surface area (Å²) in [7, 11) is 0. The first-order valence-electron chi connectivity index (χ1n) is 9.15. The zero-order chi connectivity index (χ0) is 21.0. The highest BCUT2D eigenvalue weighted by molar-refractivity contribution is 9.10. The molecular weight excluding hydrogens is 440 g/mol. The molecule has 1 aliphatic carbocycles. The van der Waals surface area contributed by atoms with Crippen LogP contribution in [-0.2, 0) is 13.2 Å². The third kappa shape index (κ3) is 5.01. The molecular formula is C22H20BrF2N3O. The Balaban J connectivity index is 1.75. The van der Waals surface area contributed by atoms with Crippen molar-refractivity contribution >= 4 is 15.9 Å². The van der Waals surface area contributed by atoms with E-state index in [0.29, 0.717) is 29.1 Å². The van der Waals surface area contributed by atoms with Crippen molar-refractivity contribution < 1.29 is 13.5 Å². The topological polar surface area (TPSA) is 61.8 Å². The normalized spacial score (nSPS) is 18.2. The fourth-order valence-corrected chi connectivity index (χ4v) is 3.64. The van der Waals surface area contributed by atoms with Crippen LogP contribution in [0.15, 0.2) is 58.7 Å². The quantitative estimate of drug-likeness (QED) is 0.640. The lowest BCUT2D eigenvalue weighted by Gasteiger charge is -2.24. The zero-order valence-electron chi connectivity index (χ0n) is 15.8. The maximum absolute atomic E-state index is 13.8. The molecule has 0 amide bonds. The van der Waals surface area contributed by atoms with E-state index in [0.717, 1.165) is 11.6 Å². The second kappa shape index (κ2) is 9.19. The van der Waals surface area contributed by atoms with Crippen LogP contribution in [0.25, 0.3) is 0 Å². The third-order valence-electron chi connectivity index (χ3n) is 4.92. The summed E-state index contributed by atoms with van der Waals surface area (Å²) in [5.41, 5.74) is 1.46. The first-order chi connectivity index (χ1) is 13.9. The Bertz CT molecular complexity index is 1070. The lowest BCUT2D eigenvalue weighted by Crippen LogP contribution is -2.27. The lowest BCUT2D eigenvalue weighted by molar-refractivity contribution is 0.295. The van der Waals surface area contributed by atoms with Gasteiger partial charge in [-0.15, -0.1) is 0 Å². The van der Waals surface area contributed by atoms with Crippen molar-refractivity contribution in [3.63, 3.8) is 0 Å². The molecule has 0 aliphatic heterocycles. The van der Waals surface area contributed by atoms with Crippen LogP contribution in [0.2, 0.25) is 0 Å². The van der Waals surface area contributed by atoms with Gasteiger partial charge in [0, 0.05) is 30.3 Å². The largest absolute Gasteiger partial charge is 0.487 e. The van der Waals surface area contributed by atoms with Gasteiger partial charge in [0.15, 0.2) is 0 Å². The van der Waals surface area contributed by atoms with E-state index >= 15 is 0 Å². The van der Waals surface area contributed by atoms with E-state index in [1.807, 2.05) is 6.08 Å². The van der Waals surface area contributed by atoms with Crippen LogP contribution >= 0.6 is 15.9 Å². The molecule has 0 bridgehead atoms. The van der Waals surface area contributed by atoms with Crippen LogP contribution in [0.3, 0.4) is 0 Å². The monoisotopic (exact) mass is 459 g/mol. The van der Waals surface area contributed by atoms with Crippen LogP contribution in [0.1, 0.15) is 18.9 Å². The van der Waals surface area contributed by atoms with E-state index in [1.54, 1.807) is 16.8 Å². The maximum atomic E-state index is 13.8. The van der Waals surface area contributed by atoms with Crippen LogP contribution < -0.4 is 10.2 Å². The van der Waals surface area contributed by atoms with Gasteiger partial charge in [-0.25, -0.2) is 8.78 Å². The summed E-state index contributed by atoms with van der Waals surface area (Å²) in [4.78, 5) is 0. The molecule has 7 heteroatoms. The van der Waals surface area contributed by atoms with Gasteiger partial charge >= 0.3 is 0 Å². The maximum Gasteiger partial charge on any atom is 0.143 e. The summed E-state index contributed by atoms with van der Waals surface area (Å²) >= 11 is 3.39. The van der Waals surface area contributed by atoms with Crippen LogP contribution in [-0.4, -0.2) is 4.57 Å². The average Bonchev–Trinajstić information content (AvgIpc) is 2.69. The predicted molar refractivity (Wildman–Crippen MR) is 109 cm³/mol. The van der Waals surface area contributed by atoms with Crippen LogP contribution in [0.5, 0.6) is 5.75 Å². The minimum atomic E-state index is -0.669. The van der Waals surface area contributed by atoms with Crippen molar-refractivity contribution in [2.75, 3.05) is 0 Å². The molecule has 0 fully saturated rings. The molecule has 150 valence electrons. The number of nitrogens with zero attached hydrogens (tertiary/aromatic N) is 2. The van der Waals surface area contributed by atoms with Gasteiger partial charge in [-0.1, -0.05) is 25.2 Å². The highest BCUT2D eigenvalue weighted by atomic mass is 79.9. The number of pyridine rings is 1. The molecule has 2 atom stereocenters. The number of nitriles is 1. The molecule has 1 aliphatic rings. The molecule has 2 aromatic rings. The molecule has 1 aromatic carbocycles. The van der Waals surface area contributed by atoms with Crippen LogP contribution in [0.4, 0.5) is 8.78 Å². The summed E-state index contributed by atoms with van der Waals surface area (Å²) in [6, 6.07) is 7.22. The number of nitrogens with one attached hydrogen (secondary N) is 1. The number of allylic oxidation sites excluding steroid dienone is 4. The van der Waals surface area contributed by atoms with Gasteiger partial charge in [-0.2, -0.15) is 5.26 Å². The Morgan fingerprint density at radius 2 is 2.10 bits per heavy atom. The smallest absolute Gasteiger partial charge is 0.143 e. The second-order valence-electron chi connectivity index (χ2n) is 6.98. The van der Waals surface area contributed by atoms with E-state index < -0.39 is 11.6 Å². The van der Waals surface area contributed by atoms with Gasteiger partial charge in [0.05, 0.1) is 12.5 Å². The summed E-state index contributed by atoms with van der Waals surface area (Å²) < 4.78 is 34.7. The van der Waals surface area contributed by atoms with Gasteiger partial charge in [-0.05, 0) is 45.6 Å². The molecule has 0 saturated carbocycles. The fraction of sp³-hybridized carbons (Fsp3) is 0.273. The van der Waals surface area contributed by atoms with E-state index in [9.17, 15) is 8.78 Å². The summed E-state index contributed by atoms with van der Waals surface area (Å²) in [6.45, 7) is 2.62. The summed E-state index contributed by atoms with van der Waals surface area (Å²) in [5, 5.41) is 17.3. The molecule has 1 N–H and O–H groups in total. The molecule has 1 heterocycles. The van der Waals surface area contributed by atoms with Gasteiger partial charge in [-0.3, -0.25) is 5.41 Å².